The Balaban J connectivity index is 1.74. The number of carbonyl (C=O) groups is 2. The zero-order valence-corrected chi connectivity index (χ0v) is 23.8. The highest BCUT2D eigenvalue weighted by molar-refractivity contribution is 6.21. The molecule has 214 valence electrons. The second-order valence-electron chi connectivity index (χ2n) is 9.34. The third-order valence-electron chi connectivity index (χ3n) is 6.01. The molecule has 3 aromatic carbocycles. The molecule has 0 aliphatic carbocycles. The van der Waals surface area contributed by atoms with Crippen molar-refractivity contribution in [3.8, 4) is 17.2 Å². The number of carbonyl (C=O) groups excluding carboxylic acids is 2. The van der Waals surface area contributed by atoms with Gasteiger partial charge < -0.3 is 24.8 Å². The lowest BCUT2D eigenvalue weighted by Gasteiger charge is -2.22. The number of benzene rings is 3. The first kappa shape index (κ1) is 30.3. The topological polar surface area (TPSA) is 89.1 Å². The van der Waals surface area contributed by atoms with Gasteiger partial charge in [0.1, 0.15) is 17.2 Å². The van der Waals surface area contributed by atoms with E-state index in [1.165, 1.54) is 0 Å². The molecule has 0 bridgehead atoms. The highest BCUT2D eigenvalue weighted by Gasteiger charge is 2.24. The lowest BCUT2D eigenvalue weighted by molar-refractivity contribution is 0.246. The van der Waals surface area contributed by atoms with Crippen molar-refractivity contribution < 1.29 is 23.8 Å². The Hall–Kier alpha value is -4.20. The van der Waals surface area contributed by atoms with E-state index in [1.807, 2.05) is 0 Å². The molecule has 0 aromatic heterocycles. The van der Waals surface area contributed by atoms with Gasteiger partial charge in [0.2, 0.25) is 0 Å². The zero-order chi connectivity index (χ0) is 28.6. The fraction of sp³-hybridized carbons (Fsp3) is 0.375. The molecule has 3 rings (SSSR count). The fourth-order valence-electron chi connectivity index (χ4n) is 3.65. The van der Waals surface area contributed by atoms with Crippen molar-refractivity contribution in [3.05, 3.63) is 72.8 Å². The summed E-state index contributed by atoms with van der Waals surface area (Å²) >= 11 is 0. The molecule has 8 heteroatoms. The predicted octanol–water partition coefficient (Wildman–Crippen LogP) is 8.49. The van der Waals surface area contributed by atoms with E-state index in [2.05, 4.69) is 31.4 Å². The molecule has 0 radical (unpaired) electrons. The van der Waals surface area contributed by atoms with Crippen LogP contribution in [0.3, 0.4) is 0 Å². The van der Waals surface area contributed by atoms with Crippen LogP contribution in [0, 0.1) is 0 Å². The second-order valence-corrected chi connectivity index (χ2v) is 9.34. The first-order valence-electron chi connectivity index (χ1n) is 14.1. The lowest BCUT2D eigenvalue weighted by Crippen LogP contribution is -2.42. The van der Waals surface area contributed by atoms with Gasteiger partial charge in [0.05, 0.1) is 25.5 Å². The normalized spacial score (nSPS) is 10.5. The summed E-state index contributed by atoms with van der Waals surface area (Å²) in [7, 11) is 0. The van der Waals surface area contributed by atoms with Crippen molar-refractivity contribution in [1.82, 2.24) is 0 Å². The number of nitrogens with one attached hydrogen (secondary N) is 2. The molecule has 0 aliphatic heterocycles. The summed E-state index contributed by atoms with van der Waals surface area (Å²) in [5, 5.41) is 5.63. The smallest absolute Gasteiger partial charge is 0.334 e. The maximum absolute atomic E-state index is 13.4. The predicted molar refractivity (Wildman–Crippen MR) is 161 cm³/mol. The molecule has 40 heavy (non-hydrogen) atoms. The summed E-state index contributed by atoms with van der Waals surface area (Å²) in [6.07, 6.45) is 6.02. The number of anilines is 3. The van der Waals surface area contributed by atoms with Crippen LogP contribution in [0.2, 0.25) is 0 Å². The molecule has 0 unspecified atom stereocenters. The van der Waals surface area contributed by atoms with Crippen LogP contribution in [-0.4, -0.2) is 31.9 Å². The Morgan fingerprint density at radius 2 is 0.875 bits per heavy atom. The molecule has 0 aliphatic rings. The maximum atomic E-state index is 13.4. The van der Waals surface area contributed by atoms with Crippen molar-refractivity contribution >= 4 is 29.1 Å². The van der Waals surface area contributed by atoms with E-state index in [-0.39, 0.29) is 0 Å². The van der Waals surface area contributed by atoms with E-state index in [1.54, 1.807) is 72.8 Å². The maximum Gasteiger partial charge on any atom is 0.334 e. The number of nitrogens with zero attached hydrogens (tertiary/aromatic N) is 1. The lowest BCUT2D eigenvalue weighted by atomic mass is 10.2. The summed E-state index contributed by atoms with van der Waals surface area (Å²) in [6, 6.07) is 19.9. The minimum atomic E-state index is -0.601. The Bertz CT molecular complexity index is 1100. The van der Waals surface area contributed by atoms with Crippen molar-refractivity contribution in [2.45, 2.75) is 59.3 Å². The van der Waals surface area contributed by atoms with Gasteiger partial charge in [0.25, 0.3) is 0 Å². The Morgan fingerprint density at radius 3 is 1.20 bits per heavy atom. The standard InChI is InChI=1S/C32H41N3O5/c1-4-7-22-38-28-16-10-25(11-17-28)33-31(36)35(27-14-20-30(21-15-27)40-24-9-6-3)32(37)34-26-12-18-29(19-13-26)39-23-8-5-2/h10-21H,4-9,22-24H2,1-3H3,(H,33,36)(H,34,37). The highest BCUT2D eigenvalue weighted by Crippen LogP contribution is 2.24. The van der Waals surface area contributed by atoms with Gasteiger partial charge in [-0.05, 0) is 92.1 Å². The first-order valence-corrected chi connectivity index (χ1v) is 14.1. The van der Waals surface area contributed by atoms with Gasteiger partial charge in [-0.3, -0.25) is 0 Å². The average molecular weight is 548 g/mol. The van der Waals surface area contributed by atoms with Crippen LogP contribution >= 0.6 is 0 Å². The Morgan fingerprint density at radius 1 is 0.550 bits per heavy atom. The number of hydrogen-bond donors (Lipinski definition) is 2. The van der Waals surface area contributed by atoms with E-state index < -0.39 is 12.1 Å². The number of rotatable bonds is 15. The van der Waals surface area contributed by atoms with Crippen molar-refractivity contribution in [2.75, 3.05) is 35.4 Å². The third-order valence-corrected chi connectivity index (χ3v) is 6.01. The quantitative estimate of drug-likeness (QED) is 0.186. The van der Waals surface area contributed by atoms with Crippen LogP contribution < -0.4 is 29.7 Å². The van der Waals surface area contributed by atoms with Gasteiger partial charge in [0.15, 0.2) is 0 Å². The summed E-state index contributed by atoms with van der Waals surface area (Å²) < 4.78 is 17.1. The minimum Gasteiger partial charge on any atom is -0.494 e. The number of amides is 4. The number of ether oxygens (including phenoxy) is 3. The first-order chi connectivity index (χ1) is 19.5. The molecule has 2 N–H and O–H groups in total. The van der Waals surface area contributed by atoms with Crippen molar-refractivity contribution in [2.24, 2.45) is 0 Å². The molecule has 4 amide bonds. The molecular weight excluding hydrogens is 506 g/mol. The average Bonchev–Trinajstić information content (AvgIpc) is 2.96. The second kappa shape index (κ2) is 16.7. The van der Waals surface area contributed by atoms with Crippen LogP contribution in [-0.2, 0) is 0 Å². The molecule has 8 nitrogen and oxygen atoms in total. The molecule has 0 atom stereocenters. The summed E-state index contributed by atoms with van der Waals surface area (Å²) in [5.41, 5.74) is 1.48. The van der Waals surface area contributed by atoms with E-state index in [0.717, 1.165) is 54.9 Å². The van der Waals surface area contributed by atoms with E-state index in [0.29, 0.717) is 42.6 Å². The van der Waals surface area contributed by atoms with Gasteiger partial charge >= 0.3 is 12.1 Å². The van der Waals surface area contributed by atoms with Gasteiger partial charge in [-0.15, -0.1) is 0 Å². The number of urea groups is 2. The molecule has 0 saturated carbocycles. The van der Waals surface area contributed by atoms with Crippen molar-refractivity contribution in [3.63, 3.8) is 0 Å². The van der Waals surface area contributed by atoms with Gasteiger partial charge in [0, 0.05) is 11.4 Å². The Labute approximate surface area is 237 Å². The zero-order valence-electron chi connectivity index (χ0n) is 23.8. The molecule has 0 spiro atoms. The number of hydrogen-bond acceptors (Lipinski definition) is 5. The largest absolute Gasteiger partial charge is 0.494 e. The van der Waals surface area contributed by atoms with E-state index in [9.17, 15) is 9.59 Å². The Kier molecular flexibility index (Phi) is 12.7. The monoisotopic (exact) mass is 547 g/mol. The molecule has 0 saturated heterocycles. The van der Waals surface area contributed by atoms with Crippen LogP contribution in [0.15, 0.2) is 72.8 Å². The minimum absolute atomic E-state index is 0.400. The van der Waals surface area contributed by atoms with E-state index in [4.69, 9.17) is 14.2 Å². The molecular formula is C32H41N3O5. The molecule has 3 aromatic rings. The van der Waals surface area contributed by atoms with Gasteiger partial charge in [-0.1, -0.05) is 40.0 Å². The summed E-state index contributed by atoms with van der Waals surface area (Å²) in [4.78, 5) is 27.9. The van der Waals surface area contributed by atoms with Crippen LogP contribution in [0.25, 0.3) is 0 Å². The molecule has 0 heterocycles. The van der Waals surface area contributed by atoms with Crippen LogP contribution in [0.5, 0.6) is 17.2 Å². The molecule has 0 fully saturated rings. The van der Waals surface area contributed by atoms with Crippen molar-refractivity contribution in [1.29, 1.82) is 0 Å². The highest BCUT2D eigenvalue weighted by atomic mass is 16.5. The SMILES string of the molecule is CCCCOc1ccc(NC(=O)N(C(=O)Nc2ccc(OCCCC)cc2)c2ccc(OCCCC)cc2)cc1. The number of unbranched alkanes of at least 4 members (excludes halogenated alkanes) is 3. The van der Waals surface area contributed by atoms with Crippen LogP contribution in [0.1, 0.15) is 59.3 Å². The summed E-state index contributed by atoms with van der Waals surface area (Å²) in [6.45, 7) is 8.20. The van der Waals surface area contributed by atoms with Gasteiger partial charge in [-0.25, -0.2) is 14.5 Å². The summed E-state index contributed by atoms with van der Waals surface area (Å²) in [5.74, 6) is 2.12. The number of imide groups is 1. The van der Waals surface area contributed by atoms with Gasteiger partial charge in [-0.2, -0.15) is 0 Å². The third kappa shape index (κ3) is 9.84. The fourth-order valence-corrected chi connectivity index (χ4v) is 3.65. The van der Waals surface area contributed by atoms with E-state index >= 15 is 0 Å². The van der Waals surface area contributed by atoms with Crippen LogP contribution in [0.4, 0.5) is 26.7 Å².